The molecule has 3 rings (SSSR count). The zero-order chi connectivity index (χ0) is 13.3. The van der Waals surface area contributed by atoms with Crippen molar-refractivity contribution in [2.45, 2.75) is 32.2 Å². The fourth-order valence-corrected chi connectivity index (χ4v) is 3.80. The third-order valence-electron chi connectivity index (χ3n) is 4.64. The van der Waals surface area contributed by atoms with Gasteiger partial charge in [-0.1, -0.05) is 30.7 Å². The SMILES string of the molecule is CC1(CN2CCCC2c2cccc(Cl)c2)CCNC1. The van der Waals surface area contributed by atoms with Crippen molar-refractivity contribution in [1.82, 2.24) is 10.2 Å². The second-order valence-electron chi connectivity index (χ2n) is 6.42. The summed E-state index contributed by atoms with van der Waals surface area (Å²) in [5, 5.41) is 4.36. The Kier molecular flexibility index (Phi) is 3.84. The highest BCUT2D eigenvalue weighted by Gasteiger charge is 2.35. The summed E-state index contributed by atoms with van der Waals surface area (Å²) in [4.78, 5) is 2.67. The van der Waals surface area contributed by atoms with E-state index in [1.54, 1.807) is 0 Å². The van der Waals surface area contributed by atoms with Crippen LogP contribution in [-0.2, 0) is 0 Å². The van der Waals surface area contributed by atoms with Crippen molar-refractivity contribution < 1.29 is 0 Å². The van der Waals surface area contributed by atoms with E-state index in [9.17, 15) is 0 Å². The lowest BCUT2D eigenvalue weighted by atomic mass is 9.88. The smallest absolute Gasteiger partial charge is 0.0409 e. The van der Waals surface area contributed by atoms with Crippen LogP contribution in [-0.4, -0.2) is 31.1 Å². The number of hydrogen-bond donors (Lipinski definition) is 1. The molecule has 0 spiro atoms. The first-order chi connectivity index (χ1) is 9.16. The Morgan fingerprint density at radius 2 is 2.37 bits per heavy atom. The van der Waals surface area contributed by atoms with E-state index in [4.69, 9.17) is 11.6 Å². The highest BCUT2D eigenvalue weighted by Crippen LogP contribution is 2.37. The third kappa shape index (κ3) is 2.96. The Hall–Kier alpha value is -0.570. The molecule has 0 aliphatic carbocycles. The molecule has 2 unspecified atom stereocenters. The van der Waals surface area contributed by atoms with E-state index in [-0.39, 0.29) is 0 Å². The number of nitrogens with zero attached hydrogens (tertiary/aromatic N) is 1. The molecular formula is C16H23ClN2. The number of halogens is 1. The van der Waals surface area contributed by atoms with E-state index in [0.29, 0.717) is 11.5 Å². The summed E-state index contributed by atoms with van der Waals surface area (Å²) in [6.07, 6.45) is 3.87. The lowest BCUT2D eigenvalue weighted by molar-refractivity contribution is 0.165. The molecule has 0 aromatic heterocycles. The average Bonchev–Trinajstić information content (AvgIpc) is 2.99. The van der Waals surface area contributed by atoms with Gasteiger partial charge in [-0.25, -0.2) is 0 Å². The van der Waals surface area contributed by atoms with Crippen LogP contribution in [0.1, 0.15) is 37.8 Å². The second kappa shape index (κ2) is 5.43. The zero-order valence-electron chi connectivity index (χ0n) is 11.7. The fraction of sp³-hybridized carbons (Fsp3) is 0.625. The summed E-state index contributed by atoms with van der Waals surface area (Å²) in [6.45, 7) is 7.18. The average molecular weight is 279 g/mol. The fourth-order valence-electron chi connectivity index (χ4n) is 3.60. The maximum Gasteiger partial charge on any atom is 0.0409 e. The van der Waals surface area contributed by atoms with Gasteiger partial charge in [0.2, 0.25) is 0 Å². The summed E-state index contributed by atoms with van der Waals surface area (Å²) in [7, 11) is 0. The molecule has 2 heterocycles. The van der Waals surface area contributed by atoms with Gasteiger partial charge >= 0.3 is 0 Å². The summed E-state index contributed by atoms with van der Waals surface area (Å²) in [6, 6.07) is 8.97. The molecule has 0 radical (unpaired) electrons. The zero-order valence-corrected chi connectivity index (χ0v) is 12.4. The first-order valence-corrected chi connectivity index (χ1v) is 7.74. The topological polar surface area (TPSA) is 15.3 Å². The number of likely N-dealkylation sites (tertiary alicyclic amines) is 1. The molecule has 2 nitrogen and oxygen atoms in total. The maximum absolute atomic E-state index is 6.14. The van der Waals surface area contributed by atoms with Gasteiger partial charge in [-0.3, -0.25) is 4.90 Å². The number of nitrogens with one attached hydrogen (secondary N) is 1. The van der Waals surface area contributed by atoms with Crippen molar-refractivity contribution >= 4 is 11.6 Å². The Bertz CT molecular complexity index is 440. The monoisotopic (exact) mass is 278 g/mol. The van der Waals surface area contributed by atoms with Gasteiger partial charge in [-0.05, 0) is 55.5 Å². The summed E-state index contributed by atoms with van der Waals surface area (Å²) in [5.41, 5.74) is 1.83. The van der Waals surface area contributed by atoms with Crippen LogP contribution in [0.15, 0.2) is 24.3 Å². The summed E-state index contributed by atoms with van der Waals surface area (Å²) < 4.78 is 0. The Morgan fingerprint density at radius 3 is 3.11 bits per heavy atom. The van der Waals surface area contributed by atoms with Crippen molar-refractivity contribution in [3.8, 4) is 0 Å². The molecule has 0 amide bonds. The molecule has 0 saturated carbocycles. The van der Waals surface area contributed by atoms with Crippen LogP contribution in [0.4, 0.5) is 0 Å². The normalized spacial score (nSPS) is 32.0. The minimum atomic E-state index is 0.446. The van der Waals surface area contributed by atoms with Crippen LogP contribution in [0.5, 0.6) is 0 Å². The highest BCUT2D eigenvalue weighted by molar-refractivity contribution is 6.30. The van der Waals surface area contributed by atoms with Crippen LogP contribution >= 0.6 is 11.6 Å². The molecule has 2 aliphatic rings. The summed E-state index contributed by atoms with van der Waals surface area (Å²) in [5.74, 6) is 0. The predicted molar refractivity (Wildman–Crippen MR) is 80.6 cm³/mol. The number of benzene rings is 1. The van der Waals surface area contributed by atoms with E-state index in [1.165, 1.54) is 44.5 Å². The van der Waals surface area contributed by atoms with Crippen LogP contribution in [0.3, 0.4) is 0 Å². The molecule has 2 saturated heterocycles. The quantitative estimate of drug-likeness (QED) is 0.911. The molecule has 2 atom stereocenters. The van der Waals surface area contributed by atoms with Crippen molar-refractivity contribution in [2.24, 2.45) is 5.41 Å². The molecule has 0 bridgehead atoms. The van der Waals surface area contributed by atoms with Crippen molar-refractivity contribution in [3.63, 3.8) is 0 Å². The van der Waals surface area contributed by atoms with Gasteiger partial charge in [0, 0.05) is 24.2 Å². The standard InChI is InChI=1S/C16H23ClN2/c1-16(7-8-18-11-16)12-19-9-3-6-15(19)13-4-2-5-14(17)10-13/h2,4-5,10,15,18H,3,6-9,11-12H2,1H3. The lowest BCUT2D eigenvalue weighted by Gasteiger charge is -2.33. The third-order valence-corrected chi connectivity index (χ3v) is 4.87. The van der Waals surface area contributed by atoms with E-state index >= 15 is 0 Å². The maximum atomic E-state index is 6.14. The van der Waals surface area contributed by atoms with Gasteiger partial charge in [0.05, 0.1) is 0 Å². The Balaban J connectivity index is 1.74. The Labute approximate surface area is 121 Å². The van der Waals surface area contributed by atoms with Gasteiger partial charge in [0.1, 0.15) is 0 Å². The highest BCUT2D eigenvalue weighted by atomic mass is 35.5. The van der Waals surface area contributed by atoms with Crippen LogP contribution < -0.4 is 5.32 Å². The molecule has 19 heavy (non-hydrogen) atoms. The first-order valence-electron chi connectivity index (χ1n) is 7.37. The van der Waals surface area contributed by atoms with E-state index in [1.807, 2.05) is 6.07 Å². The molecule has 1 aromatic carbocycles. The van der Waals surface area contributed by atoms with E-state index in [2.05, 4.69) is 35.3 Å². The predicted octanol–water partition coefficient (Wildman–Crippen LogP) is 3.48. The van der Waals surface area contributed by atoms with Crippen LogP contribution in [0.2, 0.25) is 5.02 Å². The van der Waals surface area contributed by atoms with Gasteiger partial charge in [-0.2, -0.15) is 0 Å². The van der Waals surface area contributed by atoms with Crippen LogP contribution in [0.25, 0.3) is 0 Å². The molecule has 2 aliphatic heterocycles. The van der Waals surface area contributed by atoms with Crippen molar-refractivity contribution in [2.75, 3.05) is 26.2 Å². The Morgan fingerprint density at radius 1 is 1.47 bits per heavy atom. The van der Waals surface area contributed by atoms with Gasteiger partial charge in [0.15, 0.2) is 0 Å². The van der Waals surface area contributed by atoms with E-state index in [0.717, 1.165) is 11.6 Å². The second-order valence-corrected chi connectivity index (χ2v) is 6.86. The van der Waals surface area contributed by atoms with Crippen molar-refractivity contribution in [3.05, 3.63) is 34.9 Å². The molecule has 1 N–H and O–H groups in total. The number of hydrogen-bond acceptors (Lipinski definition) is 2. The molecule has 104 valence electrons. The molecule has 2 fully saturated rings. The van der Waals surface area contributed by atoms with Crippen molar-refractivity contribution in [1.29, 1.82) is 0 Å². The first kappa shape index (κ1) is 13.4. The lowest BCUT2D eigenvalue weighted by Crippen LogP contribution is -2.37. The minimum absolute atomic E-state index is 0.446. The van der Waals surface area contributed by atoms with Gasteiger partial charge < -0.3 is 5.32 Å². The molecular weight excluding hydrogens is 256 g/mol. The van der Waals surface area contributed by atoms with Crippen LogP contribution in [0, 0.1) is 5.41 Å². The largest absolute Gasteiger partial charge is 0.316 e. The molecule has 1 aromatic rings. The number of rotatable bonds is 3. The van der Waals surface area contributed by atoms with Gasteiger partial charge in [-0.15, -0.1) is 0 Å². The molecule has 3 heteroatoms. The summed E-state index contributed by atoms with van der Waals surface area (Å²) >= 11 is 6.14. The van der Waals surface area contributed by atoms with Gasteiger partial charge in [0.25, 0.3) is 0 Å². The minimum Gasteiger partial charge on any atom is -0.316 e. The van der Waals surface area contributed by atoms with E-state index < -0.39 is 0 Å².